The molecule has 1 aliphatic carbocycles. The second-order valence-electron chi connectivity index (χ2n) is 7.43. The molecule has 2 rings (SSSR count). The molecule has 1 aliphatic heterocycles. The van der Waals surface area contributed by atoms with Crippen LogP contribution in [0.25, 0.3) is 0 Å². The Morgan fingerprint density at radius 3 is 2.73 bits per heavy atom. The summed E-state index contributed by atoms with van der Waals surface area (Å²) in [7, 11) is 0. The second kappa shape index (κ2) is 7.47. The molecule has 1 amide bonds. The molecule has 0 radical (unpaired) electrons. The van der Waals surface area contributed by atoms with E-state index in [1.54, 1.807) is 0 Å². The number of hydrogen-bond donors (Lipinski definition) is 2. The predicted molar refractivity (Wildman–Crippen MR) is 86.7 cm³/mol. The lowest BCUT2D eigenvalue weighted by Crippen LogP contribution is -2.39. The number of nitrogens with one attached hydrogen (secondary N) is 1. The molecule has 1 fully saturated rings. The van der Waals surface area contributed by atoms with E-state index in [-0.39, 0.29) is 12.7 Å². The molecule has 126 valence electrons. The molecule has 2 N–H and O–H groups in total. The molecule has 0 spiro atoms. The van der Waals surface area contributed by atoms with Crippen molar-refractivity contribution in [1.82, 2.24) is 10.2 Å². The third kappa shape index (κ3) is 5.29. The van der Waals surface area contributed by atoms with Gasteiger partial charge in [-0.3, -0.25) is 0 Å². The van der Waals surface area contributed by atoms with Crippen molar-refractivity contribution < 1.29 is 14.6 Å². The van der Waals surface area contributed by atoms with Gasteiger partial charge in [-0.1, -0.05) is 12.2 Å². The summed E-state index contributed by atoms with van der Waals surface area (Å²) in [6, 6.07) is 0.787. The number of nitrogens with zero attached hydrogens (tertiary/aromatic N) is 1. The van der Waals surface area contributed by atoms with Crippen LogP contribution in [0.1, 0.15) is 46.5 Å². The summed E-state index contributed by atoms with van der Waals surface area (Å²) in [5.41, 5.74) is -0.436. The molecule has 1 saturated heterocycles. The first-order valence-electron chi connectivity index (χ1n) is 8.40. The van der Waals surface area contributed by atoms with Gasteiger partial charge >= 0.3 is 6.09 Å². The lowest BCUT2D eigenvalue weighted by molar-refractivity contribution is 0.0256. The summed E-state index contributed by atoms with van der Waals surface area (Å²) < 4.78 is 5.46. The highest BCUT2D eigenvalue weighted by Crippen LogP contribution is 2.20. The number of aliphatic hydroxyl groups excluding tert-OH is 1. The van der Waals surface area contributed by atoms with Crippen LogP contribution in [0.5, 0.6) is 0 Å². The molecule has 0 saturated carbocycles. The molecule has 2 aliphatic rings. The molecule has 0 aromatic rings. The van der Waals surface area contributed by atoms with Crippen molar-refractivity contribution in [3.05, 3.63) is 12.2 Å². The molecule has 0 bridgehead atoms. The van der Waals surface area contributed by atoms with Gasteiger partial charge in [0.25, 0.3) is 0 Å². The van der Waals surface area contributed by atoms with Crippen molar-refractivity contribution in [3.63, 3.8) is 0 Å². The summed E-state index contributed by atoms with van der Waals surface area (Å²) in [6.45, 7) is 7.44. The SMILES string of the molecule is CC(C)(C)OC(=O)N1CCCC(N[C@@H]2C=C[C@H](CO)C2)CC1. The van der Waals surface area contributed by atoms with Crippen LogP contribution in [0, 0.1) is 5.92 Å². The van der Waals surface area contributed by atoms with Crippen LogP contribution in [-0.4, -0.2) is 53.5 Å². The van der Waals surface area contributed by atoms with Gasteiger partial charge in [0, 0.05) is 37.7 Å². The Labute approximate surface area is 133 Å². The van der Waals surface area contributed by atoms with E-state index in [1.807, 2.05) is 25.7 Å². The van der Waals surface area contributed by atoms with Gasteiger partial charge in [0.05, 0.1) is 0 Å². The van der Waals surface area contributed by atoms with Crippen molar-refractivity contribution in [1.29, 1.82) is 0 Å². The molecular weight excluding hydrogens is 280 g/mol. The van der Waals surface area contributed by atoms with Crippen LogP contribution in [0.4, 0.5) is 4.79 Å². The minimum atomic E-state index is -0.436. The van der Waals surface area contributed by atoms with Crippen molar-refractivity contribution in [2.45, 2.75) is 64.1 Å². The highest BCUT2D eigenvalue weighted by Gasteiger charge is 2.27. The second-order valence-corrected chi connectivity index (χ2v) is 7.43. The number of aliphatic hydroxyl groups is 1. The number of ether oxygens (including phenoxy) is 1. The maximum atomic E-state index is 12.1. The molecule has 22 heavy (non-hydrogen) atoms. The minimum Gasteiger partial charge on any atom is -0.444 e. The lowest BCUT2D eigenvalue weighted by Gasteiger charge is -2.26. The molecule has 5 nitrogen and oxygen atoms in total. The Bertz CT molecular complexity index is 403. The Kier molecular flexibility index (Phi) is 5.87. The van der Waals surface area contributed by atoms with Crippen LogP contribution in [0.15, 0.2) is 12.2 Å². The van der Waals surface area contributed by atoms with E-state index in [0.29, 0.717) is 18.0 Å². The topological polar surface area (TPSA) is 61.8 Å². The average Bonchev–Trinajstić information content (AvgIpc) is 2.74. The van der Waals surface area contributed by atoms with Gasteiger partial charge in [-0.05, 0) is 46.5 Å². The zero-order valence-electron chi connectivity index (χ0n) is 14.0. The van der Waals surface area contributed by atoms with E-state index in [0.717, 1.165) is 38.8 Å². The normalized spacial score (nSPS) is 29.5. The van der Waals surface area contributed by atoms with Crippen LogP contribution in [-0.2, 0) is 4.74 Å². The minimum absolute atomic E-state index is 0.200. The molecule has 3 atom stereocenters. The van der Waals surface area contributed by atoms with Gasteiger partial charge in [-0.25, -0.2) is 4.79 Å². The van der Waals surface area contributed by atoms with Gasteiger partial charge in [-0.15, -0.1) is 0 Å². The van der Waals surface area contributed by atoms with E-state index in [9.17, 15) is 9.90 Å². The van der Waals surface area contributed by atoms with Crippen LogP contribution in [0.2, 0.25) is 0 Å². The summed E-state index contributed by atoms with van der Waals surface area (Å²) in [4.78, 5) is 14.0. The number of rotatable bonds is 3. The Hall–Kier alpha value is -1.07. The van der Waals surface area contributed by atoms with Gasteiger partial charge in [-0.2, -0.15) is 0 Å². The van der Waals surface area contributed by atoms with E-state index >= 15 is 0 Å². The number of amides is 1. The molecule has 1 unspecified atom stereocenters. The van der Waals surface area contributed by atoms with Crippen molar-refractivity contribution in [2.75, 3.05) is 19.7 Å². The van der Waals surface area contributed by atoms with Gasteiger partial charge in [0.2, 0.25) is 0 Å². The number of likely N-dealkylation sites (tertiary alicyclic amines) is 1. The quantitative estimate of drug-likeness (QED) is 0.785. The van der Waals surface area contributed by atoms with Gasteiger partial charge in [0.1, 0.15) is 5.60 Å². The van der Waals surface area contributed by atoms with E-state index in [2.05, 4.69) is 17.5 Å². The fraction of sp³-hybridized carbons (Fsp3) is 0.824. The fourth-order valence-corrected chi connectivity index (χ4v) is 3.11. The van der Waals surface area contributed by atoms with Crippen LogP contribution >= 0.6 is 0 Å². The van der Waals surface area contributed by atoms with Gasteiger partial charge in [0.15, 0.2) is 0 Å². The first-order valence-corrected chi connectivity index (χ1v) is 8.40. The first-order chi connectivity index (χ1) is 10.4. The van der Waals surface area contributed by atoms with Crippen molar-refractivity contribution in [3.8, 4) is 0 Å². The first kappa shape index (κ1) is 17.3. The molecule has 0 aromatic heterocycles. The molecule has 5 heteroatoms. The Morgan fingerprint density at radius 2 is 2.09 bits per heavy atom. The zero-order valence-corrected chi connectivity index (χ0v) is 14.0. The number of hydrogen-bond acceptors (Lipinski definition) is 4. The third-order valence-electron chi connectivity index (χ3n) is 4.24. The average molecular weight is 310 g/mol. The monoisotopic (exact) mass is 310 g/mol. The standard InChI is InChI=1S/C17H30N2O3/c1-17(2,3)22-16(21)19-9-4-5-14(8-10-19)18-15-7-6-13(11-15)12-20/h6-7,13-15,18,20H,4-5,8-12H2,1-3H3/t13-,14?,15+/m0/s1. The van der Waals surface area contributed by atoms with Gasteiger partial charge < -0.3 is 20.1 Å². The number of carbonyl (C=O) groups excluding carboxylic acids is 1. The summed E-state index contributed by atoms with van der Waals surface area (Å²) in [5, 5.41) is 12.8. The lowest BCUT2D eigenvalue weighted by atomic mass is 10.1. The Morgan fingerprint density at radius 1 is 1.32 bits per heavy atom. The van der Waals surface area contributed by atoms with E-state index in [1.165, 1.54) is 0 Å². The predicted octanol–water partition coefficient (Wildman–Crippen LogP) is 2.30. The maximum Gasteiger partial charge on any atom is 0.410 e. The van der Waals surface area contributed by atoms with E-state index in [4.69, 9.17) is 4.74 Å². The summed E-state index contributed by atoms with van der Waals surface area (Å²) >= 11 is 0. The highest BCUT2D eigenvalue weighted by molar-refractivity contribution is 5.68. The molecule has 0 aromatic carbocycles. The Balaban J connectivity index is 1.78. The van der Waals surface area contributed by atoms with E-state index < -0.39 is 5.60 Å². The maximum absolute atomic E-state index is 12.1. The van der Waals surface area contributed by atoms with Crippen molar-refractivity contribution >= 4 is 6.09 Å². The fourth-order valence-electron chi connectivity index (χ4n) is 3.11. The van der Waals surface area contributed by atoms with Crippen LogP contribution in [0.3, 0.4) is 0 Å². The smallest absolute Gasteiger partial charge is 0.410 e. The summed E-state index contributed by atoms with van der Waals surface area (Å²) in [5.74, 6) is 0.293. The zero-order chi connectivity index (χ0) is 16.2. The summed E-state index contributed by atoms with van der Waals surface area (Å²) in [6.07, 6.45) is 8.06. The van der Waals surface area contributed by atoms with Crippen molar-refractivity contribution in [2.24, 2.45) is 5.92 Å². The number of carbonyl (C=O) groups is 1. The molecule has 1 heterocycles. The largest absolute Gasteiger partial charge is 0.444 e. The van der Waals surface area contributed by atoms with Crippen LogP contribution < -0.4 is 5.32 Å². The molecular formula is C17H30N2O3. The highest BCUT2D eigenvalue weighted by atomic mass is 16.6. The third-order valence-corrected chi connectivity index (χ3v) is 4.24.